The molecule has 0 atom stereocenters. The molecule has 0 aliphatic carbocycles. The van der Waals surface area contributed by atoms with Gasteiger partial charge in [-0.05, 0) is 37.3 Å². The van der Waals surface area contributed by atoms with E-state index in [9.17, 15) is 0 Å². The number of benzene rings is 1. The zero-order valence-electron chi connectivity index (χ0n) is 12.3. The van der Waals surface area contributed by atoms with Crippen molar-refractivity contribution >= 4 is 5.65 Å². The van der Waals surface area contributed by atoms with Crippen LogP contribution in [-0.2, 0) is 0 Å². The van der Waals surface area contributed by atoms with Crippen molar-refractivity contribution in [1.29, 1.82) is 0 Å². The average molecular weight is 285 g/mol. The Morgan fingerprint density at radius 3 is 2.64 bits per heavy atom. The van der Waals surface area contributed by atoms with Gasteiger partial charge in [-0.1, -0.05) is 35.9 Å². The lowest BCUT2D eigenvalue weighted by Crippen LogP contribution is -1.90. The molecule has 0 unspecified atom stereocenters. The molecule has 3 heterocycles. The zero-order valence-corrected chi connectivity index (χ0v) is 12.3. The summed E-state index contributed by atoms with van der Waals surface area (Å²) in [7, 11) is 0. The molecule has 1 aromatic carbocycles. The summed E-state index contributed by atoms with van der Waals surface area (Å²) in [6, 6.07) is 20.5. The highest BCUT2D eigenvalue weighted by molar-refractivity contribution is 5.80. The highest BCUT2D eigenvalue weighted by Crippen LogP contribution is 2.31. The Bertz CT molecular complexity index is 939. The highest BCUT2D eigenvalue weighted by Gasteiger charge is 2.16. The monoisotopic (exact) mass is 285 g/mol. The zero-order chi connectivity index (χ0) is 14.9. The number of aryl methyl sites for hydroxylation is 1. The minimum atomic E-state index is 0.891. The van der Waals surface area contributed by atoms with Gasteiger partial charge in [0, 0.05) is 18.0 Å². The minimum Gasteiger partial charge on any atom is -0.299 e. The van der Waals surface area contributed by atoms with Gasteiger partial charge in [-0.25, -0.2) is 4.98 Å². The van der Waals surface area contributed by atoms with Crippen LogP contribution in [0.3, 0.4) is 0 Å². The second-order valence-corrected chi connectivity index (χ2v) is 5.32. The smallest absolute Gasteiger partial charge is 0.138 e. The van der Waals surface area contributed by atoms with Gasteiger partial charge in [-0.3, -0.25) is 9.38 Å². The first-order chi connectivity index (χ1) is 10.8. The first-order valence-electron chi connectivity index (χ1n) is 7.28. The van der Waals surface area contributed by atoms with Gasteiger partial charge in [0.05, 0.1) is 11.4 Å². The molecule has 0 saturated heterocycles. The van der Waals surface area contributed by atoms with Crippen molar-refractivity contribution in [2.45, 2.75) is 6.92 Å². The lowest BCUT2D eigenvalue weighted by molar-refractivity contribution is 1.19. The summed E-state index contributed by atoms with van der Waals surface area (Å²) in [5.41, 5.74) is 6.20. The van der Waals surface area contributed by atoms with E-state index in [0.29, 0.717) is 0 Å². The van der Waals surface area contributed by atoms with Crippen molar-refractivity contribution in [2.24, 2.45) is 0 Å². The number of pyridine rings is 2. The maximum atomic E-state index is 4.79. The predicted molar refractivity (Wildman–Crippen MR) is 88.6 cm³/mol. The van der Waals surface area contributed by atoms with Gasteiger partial charge in [0.15, 0.2) is 0 Å². The fourth-order valence-electron chi connectivity index (χ4n) is 2.75. The second-order valence-electron chi connectivity index (χ2n) is 5.32. The molecule has 22 heavy (non-hydrogen) atoms. The molecule has 0 amide bonds. The molecule has 0 bridgehead atoms. The molecule has 0 aliphatic rings. The number of aromatic nitrogens is 3. The van der Waals surface area contributed by atoms with Crippen LogP contribution in [0.4, 0.5) is 0 Å². The van der Waals surface area contributed by atoms with Crippen molar-refractivity contribution in [2.75, 3.05) is 0 Å². The molecule has 3 heteroatoms. The molecule has 3 aromatic heterocycles. The molecule has 0 fully saturated rings. The molecule has 0 radical (unpaired) electrons. The molecular weight excluding hydrogens is 270 g/mol. The first-order valence-corrected chi connectivity index (χ1v) is 7.28. The van der Waals surface area contributed by atoms with Crippen LogP contribution in [0.5, 0.6) is 0 Å². The van der Waals surface area contributed by atoms with Crippen molar-refractivity contribution in [3.63, 3.8) is 0 Å². The Morgan fingerprint density at radius 1 is 0.909 bits per heavy atom. The fourth-order valence-corrected chi connectivity index (χ4v) is 2.75. The lowest BCUT2D eigenvalue weighted by Gasteiger charge is -2.06. The van der Waals surface area contributed by atoms with Crippen LogP contribution in [0, 0.1) is 6.92 Å². The van der Waals surface area contributed by atoms with Gasteiger partial charge in [0.1, 0.15) is 11.3 Å². The largest absolute Gasteiger partial charge is 0.299 e. The Morgan fingerprint density at radius 2 is 1.82 bits per heavy atom. The highest BCUT2D eigenvalue weighted by atomic mass is 15.0. The Labute approximate surface area is 128 Å². The van der Waals surface area contributed by atoms with Gasteiger partial charge in [0.2, 0.25) is 0 Å². The van der Waals surface area contributed by atoms with Crippen LogP contribution in [0.15, 0.2) is 73.1 Å². The van der Waals surface area contributed by atoms with Crippen molar-refractivity contribution < 1.29 is 0 Å². The predicted octanol–water partition coefficient (Wildman–Crippen LogP) is 4.37. The van der Waals surface area contributed by atoms with Gasteiger partial charge in [-0.2, -0.15) is 0 Å². The van der Waals surface area contributed by atoms with E-state index < -0.39 is 0 Å². The van der Waals surface area contributed by atoms with Gasteiger partial charge in [0.25, 0.3) is 0 Å². The minimum absolute atomic E-state index is 0.891. The van der Waals surface area contributed by atoms with E-state index in [-0.39, 0.29) is 0 Å². The average Bonchev–Trinajstić information content (AvgIpc) is 2.95. The Kier molecular flexibility index (Phi) is 2.97. The van der Waals surface area contributed by atoms with E-state index in [2.05, 4.69) is 40.6 Å². The Balaban J connectivity index is 2.07. The number of hydrogen-bond donors (Lipinski definition) is 0. The molecule has 106 valence electrons. The third kappa shape index (κ3) is 2.07. The molecule has 4 rings (SSSR count). The molecule has 4 aromatic rings. The molecule has 3 nitrogen and oxygen atoms in total. The molecule has 0 saturated carbocycles. The third-order valence-electron chi connectivity index (χ3n) is 3.73. The summed E-state index contributed by atoms with van der Waals surface area (Å²) in [5.74, 6) is 0. The maximum Gasteiger partial charge on any atom is 0.138 e. The lowest BCUT2D eigenvalue weighted by atomic mass is 10.1. The molecule has 0 spiro atoms. The summed E-state index contributed by atoms with van der Waals surface area (Å²) in [6.07, 6.45) is 3.85. The molecular formula is C19H15N3. The van der Waals surface area contributed by atoms with E-state index in [1.807, 2.05) is 42.6 Å². The van der Waals surface area contributed by atoms with E-state index in [1.165, 1.54) is 5.56 Å². The fraction of sp³-hybridized carbons (Fsp3) is 0.0526. The van der Waals surface area contributed by atoms with E-state index in [4.69, 9.17) is 4.98 Å². The summed E-state index contributed by atoms with van der Waals surface area (Å²) in [5, 5.41) is 0. The quantitative estimate of drug-likeness (QED) is 0.547. The third-order valence-corrected chi connectivity index (χ3v) is 3.73. The maximum absolute atomic E-state index is 4.79. The van der Waals surface area contributed by atoms with Gasteiger partial charge >= 0.3 is 0 Å². The topological polar surface area (TPSA) is 30.2 Å². The normalized spacial score (nSPS) is 11.0. The molecule has 0 N–H and O–H groups in total. The van der Waals surface area contributed by atoms with Crippen LogP contribution >= 0.6 is 0 Å². The van der Waals surface area contributed by atoms with Gasteiger partial charge < -0.3 is 0 Å². The summed E-state index contributed by atoms with van der Waals surface area (Å²) in [4.78, 5) is 9.27. The standard InChI is InChI=1S/C19H15N3/c1-14-7-6-8-15(13-14)19-18(16-9-2-4-11-20-16)21-17-10-3-5-12-22(17)19/h2-13H,1H3. The SMILES string of the molecule is Cc1cccc(-c2c(-c3ccccn3)nc3ccccn23)c1. The van der Waals surface area contributed by atoms with Crippen LogP contribution < -0.4 is 0 Å². The number of imidazole rings is 1. The van der Waals surface area contributed by atoms with Crippen molar-refractivity contribution in [3.8, 4) is 22.6 Å². The Hall–Kier alpha value is -2.94. The van der Waals surface area contributed by atoms with Crippen LogP contribution in [0.2, 0.25) is 0 Å². The number of hydrogen-bond acceptors (Lipinski definition) is 2. The van der Waals surface area contributed by atoms with Crippen LogP contribution in [0.25, 0.3) is 28.3 Å². The van der Waals surface area contributed by atoms with Crippen LogP contribution in [-0.4, -0.2) is 14.4 Å². The second kappa shape index (κ2) is 5.11. The first kappa shape index (κ1) is 12.8. The van der Waals surface area contributed by atoms with Gasteiger partial charge in [-0.15, -0.1) is 0 Å². The summed E-state index contributed by atoms with van der Waals surface area (Å²) < 4.78 is 2.12. The van der Waals surface area contributed by atoms with Crippen molar-refractivity contribution in [1.82, 2.24) is 14.4 Å². The number of nitrogens with zero attached hydrogens (tertiary/aromatic N) is 3. The number of rotatable bonds is 2. The summed E-state index contributed by atoms with van der Waals surface area (Å²) in [6.45, 7) is 2.10. The molecule has 0 aliphatic heterocycles. The van der Waals surface area contributed by atoms with E-state index in [0.717, 1.165) is 28.3 Å². The summed E-state index contributed by atoms with van der Waals surface area (Å²) >= 11 is 0. The number of fused-ring (bicyclic) bond motifs is 1. The van der Waals surface area contributed by atoms with E-state index in [1.54, 1.807) is 6.20 Å². The van der Waals surface area contributed by atoms with Crippen LogP contribution in [0.1, 0.15) is 5.56 Å². The van der Waals surface area contributed by atoms with Crippen molar-refractivity contribution in [3.05, 3.63) is 78.6 Å². The van der Waals surface area contributed by atoms with E-state index >= 15 is 0 Å².